The van der Waals surface area contributed by atoms with E-state index in [2.05, 4.69) is 0 Å². The number of carbonyl (C=O) groups is 1. The van der Waals surface area contributed by atoms with E-state index in [1.807, 2.05) is 6.07 Å². The Morgan fingerprint density at radius 1 is 1.67 bits per heavy atom. The summed E-state index contributed by atoms with van der Waals surface area (Å²) in [5.41, 5.74) is 5.17. The first-order valence-corrected chi connectivity index (χ1v) is 5.94. The first-order chi connectivity index (χ1) is 7.10. The molecule has 1 atom stereocenters. The highest BCUT2D eigenvalue weighted by Gasteiger charge is 2.37. The van der Waals surface area contributed by atoms with Crippen LogP contribution in [0.15, 0.2) is 12.1 Å². The molecular formula is C10H12ClNO2S. The van der Waals surface area contributed by atoms with Crippen LogP contribution in [0.25, 0.3) is 0 Å². The molecule has 0 aromatic carbocycles. The molecule has 82 valence electrons. The van der Waals surface area contributed by atoms with Crippen LogP contribution in [0.2, 0.25) is 4.34 Å². The van der Waals surface area contributed by atoms with Crippen LogP contribution in [0, 0.1) is 0 Å². The maximum absolute atomic E-state index is 11.9. The minimum atomic E-state index is -0.781. The minimum Gasteiger partial charge on any atom is -0.379 e. The van der Waals surface area contributed by atoms with Gasteiger partial charge in [-0.2, -0.15) is 0 Å². The van der Waals surface area contributed by atoms with Crippen LogP contribution in [0.4, 0.5) is 0 Å². The third kappa shape index (κ3) is 2.39. The van der Waals surface area contributed by atoms with Gasteiger partial charge in [0.05, 0.1) is 10.9 Å². The van der Waals surface area contributed by atoms with Crippen molar-refractivity contribution in [3.8, 4) is 0 Å². The van der Waals surface area contributed by atoms with Crippen molar-refractivity contribution in [3.63, 3.8) is 0 Å². The maximum Gasteiger partial charge on any atom is 0.160 e. The number of rotatable bonds is 3. The molecule has 3 nitrogen and oxygen atoms in total. The van der Waals surface area contributed by atoms with Gasteiger partial charge in [-0.25, -0.2) is 0 Å². The smallest absolute Gasteiger partial charge is 0.160 e. The summed E-state index contributed by atoms with van der Waals surface area (Å²) in [5, 5.41) is 0. The molecule has 0 saturated carbocycles. The molecule has 0 aliphatic carbocycles. The van der Waals surface area contributed by atoms with Crippen LogP contribution >= 0.6 is 22.9 Å². The lowest BCUT2D eigenvalue weighted by atomic mass is 9.92. The van der Waals surface area contributed by atoms with Gasteiger partial charge < -0.3 is 10.5 Å². The number of ketones is 1. The number of nitrogens with two attached hydrogens (primary N) is 1. The van der Waals surface area contributed by atoms with Gasteiger partial charge in [0.2, 0.25) is 0 Å². The third-order valence-electron chi connectivity index (χ3n) is 2.57. The molecule has 1 aliphatic heterocycles. The van der Waals surface area contributed by atoms with E-state index in [4.69, 9.17) is 22.1 Å². The second-order valence-corrected chi connectivity index (χ2v) is 5.56. The molecule has 2 heterocycles. The lowest BCUT2D eigenvalue weighted by Gasteiger charge is -2.19. The number of thiophene rings is 1. The molecule has 15 heavy (non-hydrogen) atoms. The summed E-state index contributed by atoms with van der Waals surface area (Å²) in [6, 6.07) is 3.66. The van der Waals surface area contributed by atoms with Crippen LogP contribution in [-0.2, 0) is 16.0 Å². The Morgan fingerprint density at radius 2 is 2.47 bits per heavy atom. The highest BCUT2D eigenvalue weighted by molar-refractivity contribution is 7.16. The van der Waals surface area contributed by atoms with Crippen LogP contribution in [0.1, 0.15) is 11.3 Å². The highest BCUT2D eigenvalue weighted by atomic mass is 35.5. The SMILES string of the molecule is NC1(C(=O)Cc2ccc(Cl)s2)CCOC1. The Labute approximate surface area is 97.2 Å². The molecule has 1 aromatic rings. The topological polar surface area (TPSA) is 52.3 Å². The molecule has 0 bridgehead atoms. The lowest BCUT2D eigenvalue weighted by Crippen LogP contribution is -2.49. The monoisotopic (exact) mass is 245 g/mol. The Bertz CT molecular complexity index is 371. The van der Waals surface area contributed by atoms with E-state index in [-0.39, 0.29) is 5.78 Å². The molecule has 5 heteroatoms. The van der Waals surface area contributed by atoms with Crippen molar-refractivity contribution in [1.82, 2.24) is 0 Å². The summed E-state index contributed by atoms with van der Waals surface area (Å²) in [7, 11) is 0. The quantitative estimate of drug-likeness (QED) is 0.881. The Morgan fingerprint density at radius 3 is 3.00 bits per heavy atom. The van der Waals surface area contributed by atoms with E-state index in [1.165, 1.54) is 11.3 Å². The fraction of sp³-hybridized carbons (Fsp3) is 0.500. The average molecular weight is 246 g/mol. The Balaban J connectivity index is 2.03. The lowest BCUT2D eigenvalue weighted by molar-refractivity contribution is -0.123. The minimum absolute atomic E-state index is 0.0403. The van der Waals surface area contributed by atoms with Gasteiger partial charge in [-0.3, -0.25) is 4.79 Å². The van der Waals surface area contributed by atoms with Crippen molar-refractivity contribution in [2.24, 2.45) is 5.73 Å². The van der Waals surface area contributed by atoms with Crippen LogP contribution in [0.3, 0.4) is 0 Å². The molecule has 0 spiro atoms. The largest absolute Gasteiger partial charge is 0.379 e. The van der Waals surface area contributed by atoms with E-state index >= 15 is 0 Å². The van der Waals surface area contributed by atoms with E-state index in [1.54, 1.807) is 6.07 Å². The zero-order valence-electron chi connectivity index (χ0n) is 8.16. The summed E-state index contributed by atoms with van der Waals surface area (Å²) in [6.07, 6.45) is 0.974. The molecule has 1 fully saturated rings. The molecule has 1 aromatic heterocycles. The van der Waals surface area contributed by atoms with Gasteiger partial charge in [-0.05, 0) is 18.6 Å². The second-order valence-electron chi connectivity index (χ2n) is 3.76. The van der Waals surface area contributed by atoms with E-state index < -0.39 is 5.54 Å². The number of ether oxygens (including phenoxy) is 1. The molecule has 1 saturated heterocycles. The van der Waals surface area contributed by atoms with Gasteiger partial charge in [-0.15, -0.1) is 11.3 Å². The van der Waals surface area contributed by atoms with Gasteiger partial charge >= 0.3 is 0 Å². The van der Waals surface area contributed by atoms with Crippen molar-refractivity contribution >= 4 is 28.7 Å². The first-order valence-electron chi connectivity index (χ1n) is 4.74. The standard InChI is InChI=1S/C10H12ClNO2S/c11-9-2-1-7(15-9)5-8(13)10(12)3-4-14-6-10/h1-2H,3-6,12H2. The fourth-order valence-electron chi connectivity index (χ4n) is 1.58. The number of hydrogen-bond acceptors (Lipinski definition) is 4. The summed E-state index contributed by atoms with van der Waals surface area (Å²) in [6.45, 7) is 0.915. The third-order valence-corrected chi connectivity index (χ3v) is 3.80. The summed E-state index contributed by atoms with van der Waals surface area (Å²) in [5.74, 6) is 0.0403. The first kappa shape index (κ1) is 11.1. The predicted molar refractivity (Wildman–Crippen MR) is 60.4 cm³/mol. The molecule has 1 aliphatic rings. The zero-order valence-corrected chi connectivity index (χ0v) is 9.74. The van der Waals surface area contributed by atoms with Crippen LogP contribution in [0.5, 0.6) is 0 Å². The van der Waals surface area contributed by atoms with Gasteiger partial charge in [0.25, 0.3) is 0 Å². The molecule has 0 radical (unpaired) electrons. The highest BCUT2D eigenvalue weighted by Crippen LogP contribution is 2.25. The summed E-state index contributed by atoms with van der Waals surface area (Å²) in [4.78, 5) is 12.9. The van der Waals surface area contributed by atoms with Crippen molar-refractivity contribution in [2.75, 3.05) is 13.2 Å². The molecule has 0 amide bonds. The normalized spacial score (nSPS) is 25.7. The van der Waals surface area contributed by atoms with E-state index in [0.717, 1.165) is 4.88 Å². The Kier molecular flexibility index (Phi) is 3.11. The van der Waals surface area contributed by atoms with Gasteiger partial charge in [-0.1, -0.05) is 11.6 Å². The average Bonchev–Trinajstić information content (AvgIpc) is 2.76. The molecular weight excluding hydrogens is 234 g/mol. The second kappa shape index (κ2) is 4.22. The number of carbonyl (C=O) groups excluding carboxylic acids is 1. The van der Waals surface area contributed by atoms with Gasteiger partial charge in [0, 0.05) is 17.9 Å². The summed E-state index contributed by atoms with van der Waals surface area (Å²) >= 11 is 7.21. The predicted octanol–water partition coefficient (Wildman–Crippen LogP) is 1.63. The van der Waals surface area contributed by atoms with Crippen molar-refractivity contribution in [2.45, 2.75) is 18.4 Å². The number of hydrogen-bond donors (Lipinski definition) is 1. The molecule has 2 N–H and O–H groups in total. The van der Waals surface area contributed by atoms with Gasteiger partial charge in [0.1, 0.15) is 5.54 Å². The van der Waals surface area contributed by atoms with Crippen LogP contribution < -0.4 is 5.73 Å². The van der Waals surface area contributed by atoms with Crippen LogP contribution in [-0.4, -0.2) is 24.5 Å². The molecule has 2 rings (SSSR count). The van der Waals surface area contributed by atoms with E-state index in [0.29, 0.717) is 30.4 Å². The van der Waals surface area contributed by atoms with Crippen molar-refractivity contribution in [3.05, 3.63) is 21.3 Å². The zero-order chi connectivity index (χ0) is 10.9. The van der Waals surface area contributed by atoms with Crippen molar-refractivity contribution < 1.29 is 9.53 Å². The Hall–Kier alpha value is -0.420. The maximum atomic E-state index is 11.9. The van der Waals surface area contributed by atoms with Gasteiger partial charge in [0.15, 0.2) is 5.78 Å². The molecule has 1 unspecified atom stereocenters. The number of Topliss-reactive ketones (excluding diaryl/α,β-unsaturated/α-hetero) is 1. The number of halogens is 1. The fourth-order valence-corrected chi connectivity index (χ4v) is 2.67. The van der Waals surface area contributed by atoms with Crippen molar-refractivity contribution in [1.29, 1.82) is 0 Å². The van der Waals surface area contributed by atoms with E-state index in [9.17, 15) is 4.79 Å². The summed E-state index contributed by atoms with van der Waals surface area (Å²) < 4.78 is 5.86.